The summed E-state index contributed by atoms with van der Waals surface area (Å²) in [5.74, 6) is 2.22. The van der Waals surface area contributed by atoms with Crippen molar-refractivity contribution >= 4 is 53.0 Å². The Morgan fingerprint density at radius 1 is 1.41 bits per heavy atom. The second-order valence-corrected chi connectivity index (χ2v) is 7.92. The maximum atomic E-state index is 4.67. The van der Waals surface area contributed by atoms with Crippen LogP contribution in [0.3, 0.4) is 0 Å². The second kappa shape index (κ2) is 10.7. The van der Waals surface area contributed by atoms with Gasteiger partial charge in [-0.15, -0.1) is 35.3 Å². The highest BCUT2D eigenvalue weighted by Crippen LogP contribution is 2.25. The van der Waals surface area contributed by atoms with Crippen molar-refractivity contribution in [2.75, 3.05) is 25.9 Å². The molecule has 126 valence electrons. The van der Waals surface area contributed by atoms with Crippen LogP contribution in [0, 0.1) is 6.92 Å². The molecular formula is C15H27IN4S2. The Morgan fingerprint density at radius 2 is 2.23 bits per heavy atom. The molecule has 1 fully saturated rings. The van der Waals surface area contributed by atoms with E-state index in [0.29, 0.717) is 0 Å². The van der Waals surface area contributed by atoms with Crippen LogP contribution in [0.15, 0.2) is 4.99 Å². The smallest absolute Gasteiger partial charge is 0.191 e. The number of guanidine groups is 1. The summed E-state index contributed by atoms with van der Waals surface area (Å²) >= 11 is 3.89. The average molecular weight is 454 g/mol. The highest BCUT2D eigenvalue weighted by Gasteiger charge is 2.15. The van der Waals surface area contributed by atoms with E-state index in [1.54, 1.807) is 0 Å². The van der Waals surface area contributed by atoms with Gasteiger partial charge >= 0.3 is 0 Å². The molecule has 1 atom stereocenters. The Kier molecular flexibility index (Phi) is 9.74. The molecule has 1 unspecified atom stereocenters. The summed E-state index contributed by atoms with van der Waals surface area (Å²) in [6.45, 7) is 6.22. The molecule has 0 spiro atoms. The van der Waals surface area contributed by atoms with Crippen LogP contribution in [-0.2, 0) is 12.8 Å². The zero-order chi connectivity index (χ0) is 15.1. The summed E-state index contributed by atoms with van der Waals surface area (Å²) in [6, 6.07) is 0. The van der Waals surface area contributed by atoms with Crippen molar-refractivity contribution in [2.24, 2.45) is 4.99 Å². The van der Waals surface area contributed by atoms with E-state index in [1.165, 1.54) is 34.2 Å². The average Bonchev–Trinajstić information content (AvgIpc) is 3.12. The van der Waals surface area contributed by atoms with Crippen LogP contribution >= 0.6 is 47.1 Å². The number of thiazole rings is 1. The Bertz CT molecular complexity index is 470. The first-order valence-electron chi connectivity index (χ1n) is 7.74. The van der Waals surface area contributed by atoms with Gasteiger partial charge in [-0.25, -0.2) is 4.98 Å². The number of thioether (sulfide) groups is 1. The minimum Gasteiger partial charge on any atom is -0.356 e. The number of rotatable bonds is 6. The van der Waals surface area contributed by atoms with Crippen molar-refractivity contribution in [2.45, 2.75) is 44.8 Å². The fraction of sp³-hybridized carbons (Fsp3) is 0.733. The van der Waals surface area contributed by atoms with Gasteiger partial charge < -0.3 is 10.6 Å². The lowest BCUT2D eigenvalue weighted by molar-refractivity contribution is 0.723. The number of hydrogen-bond donors (Lipinski definition) is 2. The highest BCUT2D eigenvalue weighted by atomic mass is 127. The van der Waals surface area contributed by atoms with Crippen LogP contribution in [0.4, 0.5) is 0 Å². The van der Waals surface area contributed by atoms with Crippen LogP contribution in [0.25, 0.3) is 0 Å². The van der Waals surface area contributed by atoms with Crippen molar-refractivity contribution in [1.29, 1.82) is 0 Å². The third-order valence-corrected chi connectivity index (χ3v) is 6.12. The fourth-order valence-electron chi connectivity index (χ4n) is 2.45. The second-order valence-electron chi connectivity index (χ2n) is 5.23. The summed E-state index contributed by atoms with van der Waals surface area (Å²) in [5, 5.41) is 8.78. The number of nitrogens with zero attached hydrogens (tertiary/aromatic N) is 2. The van der Waals surface area contributed by atoms with Gasteiger partial charge in [0.05, 0.1) is 10.7 Å². The van der Waals surface area contributed by atoms with Gasteiger partial charge in [0.25, 0.3) is 0 Å². The van der Waals surface area contributed by atoms with E-state index < -0.39 is 0 Å². The van der Waals surface area contributed by atoms with Crippen LogP contribution in [0.5, 0.6) is 0 Å². The first-order valence-corrected chi connectivity index (χ1v) is 9.60. The van der Waals surface area contributed by atoms with Crippen molar-refractivity contribution in [3.8, 4) is 0 Å². The number of aryl methyl sites for hydroxylation is 2. The molecule has 1 aliphatic rings. The molecule has 0 bridgehead atoms. The number of aromatic nitrogens is 1. The molecule has 0 saturated carbocycles. The highest BCUT2D eigenvalue weighted by molar-refractivity contribution is 14.0. The molecule has 1 aromatic rings. The molecule has 0 radical (unpaired) electrons. The minimum absolute atomic E-state index is 0. The number of aliphatic imine (C=N–C) groups is 1. The Morgan fingerprint density at radius 3 is 2.82 bits per heavy atom. The third-order valence-electron chi connectivity index (χ3n) is 3.65. The van der Waals surface area contributed by atoms with Crippen molar-refractivity contribution < 1.29 is 0 Å². The third kappa shape index (κ3) is 6.23. The molecule has 2 rings (SSSR count). The van der Waals surface area contributed by atoms with Crippen LogP contribution in [-0.4, -0.2) is 42.1 Å². The van der Waals surface area contributed by atoms with Gasteiger partial charge in [-0.1, -0.05) is 6.92 Å². The lowest BCUT2D eigenvalue weighted by Gasteiger charge is -2.14. The normalized spacial score (nSPS) is 18.1. The zero-order valence-electron chi connectivity index (χ0n) is 13.6. The van der Waals surface area contributed by atoms with E-state index >= 15 is 0 Å². The van der Waals surface area contributed by atoms with E-state index in [2.05, 4.69) is 46.2 Å². The largest absolute Gasteiger partial charge is 0.356 e. The van der Waals surface area contributed by atoms with E-state index in [9.17, 15) is 0 Å². The topological polar surface area (TPSA) is 49.3 Å². The van der Waals surface area contributed by atoms with Crippen LogP contribution in [0.2, 0.25) is 0 Å². The molecule has 0 amide bonds. The molecule has 2 heterocycles. The van der Waals surface area contributed by atoms with Gasteiger partial charge in [-0.3, -0.25) is 4.99 Å². The Hall–Kier alpha value is -0.0200. The molecule has 0 aromatic carbocycles. The van der Waals surface area contributed by atoms with Gasteiger partial charge in [0, 0.05) is 36.7 Å². The van der Waals surface area contributed by atoms with E-state index in [4.69, 9.17) is 0 Å². The van der Waals surface area contributed by atoms with Gasteiger partial charge in [-0.05, 0) is 31.9 Å². The van der Waals surface area contributed by atoms with Crippen molar-refractivity contribution in [1.82, 2.24) is 15.6 Å². The summed E-state index contributed by atoms with van der Waals surface area (Å²) in [5.41, 5.74) is 1.25. The van der Waals surface area contributed by atoms with E-state index in [1.807, 2.05) is 18.4 Å². The summed E-state index contributed by atoms with van der Waals surface area (Å²) < 4.78 is 0. The predicted molar refractivity (Wildman–Crippen MR) is 110 cm³/mol. The van der Waals surface area contributed by atoms with Gasteiger partial charge in [-0.2, -0.15) is 11.8 Å². The quantitative estimate of drug-likeness (QED) is 0.394. The molecule has 1 aliphatic heterocycles. The summed E-state index contributed by atoms with van der Waals surface area (Å²) in [4.78, 5) is 10.3. The van der Waals surface area contributed by atoms with E-state index in [-0.39, 0.29) is 24.0 Å². The summed E-state index contributed by atoms with van der Waals surface area (Å²) in [7, 11) is 1.83. The molecule has 22 heavy (non-hydrogen) atoms. The predicted octanol–water partition coefficient (Wildman–Crippen LogP) is 3.24. The number of halogens is 1. The summed E-state index contributed by atoms with van der Waals surface area (Å²) in [6.07, 6.45) is 4.67. The standard InChI is InChI=1S/C15H26N4S2.HI/c1-4-13-11(2)21-14(19-13)7-8-17-15(16-3)18-10-12-6-5-9-20-12;/h12H,4-10H2,1-3H3,(H2,16,17,18);1H. The van der Waals surface area contributed by atoms with E-state index in [0.717, 1.165) is 37.1 Å². The maximum absolute atomic E-state index is 4.67. The van der Waals surface area contributed by atoms with Gasteiger partial charge in [0.15, 0.2) is 5.96 Å². The monoisotopic (exact) mass is 454 g/mol. The molecule has 2 N–H and O–H groups in total. The molecule has 4 nitrogen and oxygen atoms in total. The molecule has 1 saturated heterocycles. The van der Waals surface area contributed by atoms with Crippen molar-refractivity contribution in [3.05, 3.63) is 15.6 Å². The molecule has 0 aliphatic carbocycles. The van der Waals surface area contributed by atoms with Crippen LogP contribution < -0.4 is 10.6 Å². The maximum Gasteiger partial charge on any atom is 0.191 e. The molecule has 7 heteroatoms. The van der Waals surface area contributed by atoms with Crippen molar-refractivity contribution in [3.63, 3.8) is 0 Å². The number of nitrogens with one attached hydrogen (secondary N) is 2. The SMILES string of the molecule is CCc1nc(CCNC(=NC)NCC2CCCS2)sc1C.I. The molecular weight excluding hydrogens is 427 g/mol. The van der Waals surface area contributed by atoms with Gasteiger partial charge in [0.1, 0.15) is 0 Å². The minimum atomic E-state index is 0. The number of hydrogen-bond acceptors (Lipinski definition) is 4. The Labute approximate surface area is 159 Å². The van der Waals surface area contributed by atoms with Crippen LogP contribution in [0.1, 0.15) is 35.3 Å². The van der Waals surface area contributed by atoms with Gasteiger partial charge in [0.2, 0.25) is 0 Å². The Balaban J connectivity index is 0.00000242. The first kappa shape index (κ1) is 20.0. The zero-order valence-corrected chi connectivity index (χ0v) is 17.6. The lowest BCUT2D eigenvalue weighted by atomic mass is 10.2. The fourth-order valence-corrected chi connectivity index (χ4v) is 4.67. The molecule has 1 aromatic heterocycles. The lowest BCUT2D eigenvalue weighted by Crippen LogP contribution is -2.40. The first-order chi connectivity index (χ1) is 10.2.